The van der Waals surface area contributed by atoms with Crippen LogP contribution >= 0.6 is 0 Å². The third kappa shape index (κ3) is 2.93. The summed E-state index contributed by atoms with van der Waals surface area (Å²) >= 11 is 0. The number of hydrogen-bond acceptors (Lipinski definition) is 3. The Labute approximate surface area is 140 Å². The Hall–Kier alpha value is -2.95. The lowest BCUT2D eigenvalue weighted by Gasteiger charge is -2.14. The molecule has 0 aliphatic carbocycles. The molecule has 3 rings (SSSR count). The second-order valence-electron chi connectivity index (χ2n) is 5.89. The molecule has 0 spiro atoms. The molecule has 0 radical (unpaired) electrons. The van der Waals surface area contributed by atoms with Crippen molar-refractivity contribution in [2.45, 2.75) is 27.3 Å². The summed E-state index contributed by atoms with van der Waals surface area (Å²) in [5.41, 5.74) is 4.28. The molecule has 0 aliphatic heterocycles. The Bertz CT molecular complexity index is 969. The maximum absolute atomic E-state index is 12.5. The summed E-state index contributed by atoms with van der Waals surface area (Å²) in [6, 6.07) is 13.2. The summed E-state index contributed by atoms with van der Waals surface area (Å²) in [6.45, 7) is 5.51. The van der Waals surface area contributed by atoms with Crippen LogP contribution in [-0.2, 0) is 11.3 Å². The molecule has 1 heterocycles. The van der Waals surface area contributed by atoms with Gasteiger partial charge in [0.2, 0.25) is 5.91 Å². The summed E-state index contributed by atoms with van der Waals surface area (Å²) in [5.74, 6) is -0.231. The molecule has 2 aromatic carbocycles. The number of amides is 1. The molecule has 1 N–H and O–H groups in total. The molecule has 0 aliphatic rings. The second kappa shape index (κ2) is 6.28. The van der Waals surface area contributed by atoms with Crippen molar-refractivity contribution < 1.29 is 4.79 Å². The minimum Gasteiger partial charge on any atom is -0.324 e. The number of benzene rings is 2. The third-order valence-corrected chi connectivity index (χ3v) is 4.06. The maximum atomic E-state index is 12.5. The highest BCUT2D eigenvalue weighted by Gasteiger charge is 2.13. The van der Waals surface area contributed by atoms with Crippen molar-refractivity contribution in [2.24, 2.45) is 0 Å². The number of para-hydroxylation sites is 3. The van der Waals surface area contributed by atoms with Crippen LogP contribution in [0.1, 0.15) is 16.8 Å². The van der Waals surface area contributed by atoms with Crippen LogP contribution in [0.5, 0.6) is 0 Å². The third-order valence-electron chi connectivity index (χ3n) is 4.06. The van der Waals surface area contributed by atoms with E-state index < -0.39 is 0 Å². The smallest absolute Gasteiger partial charge is 0.272 e. The van der Waals surface area contributed by atoms with E-state index in [1.165, 1.54) is 4.57 Å². The van der Waals surface area contributed by atoms with Crippen molar-refractivity contribution in [1.29, 1.82) is 0 Å². The molecule has 0 atom stereocenters. The van der Waals surface area contributed by atoms with E-state index in [4.69, 9.17) is 0 Å². The summed E-state index contributed by atoms with van der Waals surface area (Å²) in [5, 5.41) is 2.92. The molecule has 0 bridgehead atoms. The molecule has 0 saturated heterocycles. The molecular formula is C19H19N3O2. The van der Waals surface area contributed by atoms with Crippen LogP contribution in [0, 0.1) is 20.8 Å². The predicted octanol–water partition coefficient (Wildman–Crippen LogP) is 2.96. The van der Waals surface area contributed by atoms with E-state index in [1.54, 1.807) is 13.0 Å². The van der Waals surface area contributed by atoms with Gasteiger partial charge >= 0.3 is 0 Å². The number of aromatic nitrogens is 2. The highest BCUT2D eigenvalue weighted by molar-refractivity contribution is 5.93. The highest BCUT2D eigenvalue weighted by atomic mass is 16.2. The van der Waals surface area contributed by atoms with E-state index in [1.807, 2.05) is 50.2 Å². The molecule has 0 fully saturated rings. The van der Waals surface area contributed by atoms with Crippen LogP contribution in [0.3, 0.4) is 0 Å². The van der Waals surface area contributed by atoms with E-state index in [0.29, 0.717) is 16.7 Å². The van der Waals surface area contributed by atoms with Crippen molar-refractivity contribution in [3.63, 3.8) is 0 Å². The SMILES string of the molecule is Cc1cccc(C)c1NC(=O)Cn1c(=O)c(C)nc2ccccc21. The maximum Gasteiger partial charge on any atom is 0.272 e. The van der Waals surface area contributed by atoms with Gasteiger partial charge in [0.25, 0.3) is 5.56 Å². The molecule has 24 heavy (non-hydrogen) atoms. The van der Waals surface area contributed by atoms with Gasteiger partial charge in [0, 0.05) is 5.69 Å². The molecule has 0 unspecified atom stereocenters. The van der Waals surface area contributed by atoms with Gasteiger partial charge in [-0.3, -0.25) is 14.2 Å². The Morgan fingerprint density at radius 2 is 1.71 bits per heavy atom. The Morgan fingerprint density at radius 1 is 1.04 bits per heavy atom. The number of hydrogen-bond donors (Lipinski definition) is 1. The van der Waals surface area contributed by atoms with Crippen molar-refractivity contribution in [2.75, 3.05) is 5.32 Å². The first-order valence-corrected chi connectivity index (χ1v) is 7.79. The fourth-order valence-corrected chi connectivity index (χ4v) is 2.81. The van der Waals surface area contributed by atoms with Gasteiger partial charge in [0.05, 0.1) is 11.0 Å². The number of carbonyl (C=O) groups is 1. The molecule has 5 nitrogen and oxygen atoms in total. The first-order valence-electron chi connectivity index (χ1n) is 7.79. The zero-order chi connectivity index (χ0) is 17.3. The lowest BCUT2D eigenvalue weighted by molar-refractivity contribution is -0.116. The van der Waals surface area contributed by atoms with Crippen molar-refractivity contribution in [3.05, 3.63) is 69.6 Å². The standard InChI is InChI=1S/C19H19N3O2/c1-12-7-6-8-13(2)18(12)21-17(23)11-22-16-10-5-4-9-15(16)20-14(3)19(22)24/h4-10H,11H2,1-3H3,(H,21,23). The number of rotatable bonds is 3. The van der Waals surface area contributed by atoms with Gasteiger partial charge in [-0.1, -0.05) is 30.3 Å². The average molecular weight is 321 g/mol. The summed E-state index contributed by atoms with van der Waals surface area (Å²) in [7, 11) is 0. The van der Waals surface area contributed by atoms with Crippen LogP contribution in [0.4, 0.5) is 5.69 Å². The average Bonchev–Trinajstić information content (AvgIpc) is 2.55. The second-order valence-corrected chi connectivity index (χ2v) is 5.89. The number of nitrogens with zero attached hydrogens (tertiary/aromatic N) is 2. The van der Waals surface area contributed by atoms with Gasteiger partial charge in [-0.05, 0) is 44.0 Å². The van der Waals surface area contributed by atoms with Crippen LogP contribution in [0.25, 0.3) is 11.0 Å². The molecule has 0 saturated carbocycles. The van der Waals surface area contributed by atoms with E-state index >= 15 is 0 Å². The summed E-state index contributed by atoms with van der Waals surface area (Å²) in [4.78, 5) is 29.2. The Morgan fingerprint density at radius 3 is 2.42 bits per heavy atom. The largest absolute Gasteiger partial charge is 0.324 e. The molecule has 5 heteroatoms. The minimum absolute atomic E-state index is 0.0452. The van der Waals surface area contributed by atoms with Crippen LogP contribution < -0.4 is 10.9 Å². The molecule has 1 aromatic heterocycles. The quantitative estimate of drug-likeness (QED) is 0.806. The van der Waals surface area contributed by atoms with Gasteiger partial charge in [0.1, 0.15) is 12.2 Å². The zero-order valence-corrected chi connectivity index (χ0v) is 14.0. The molecule has 1 amide bonds. The molecule has 122 valence electrons. The van der Waals surface area contributed by atoms with Gasteiger partial charge in [0.15, 0.2) is 0 Å². The van der Waals surface area contributed by atoms with Gasteiger partial charge in [-0.2, -0.15) is 0 Å². The van der Waals surface area contributed by atoms with E-state index in [0.717, 1.165) is 16.8 Å². The van der Waals surface area contributed by atoms with Crippen molar-refractivity contribution in [1.82, 2.24) is 9.55 Å². The lowest BCUT2D eigenvalue weighted by atomic mass is 10.1. The fraction of sp³-hybridized carbons (Fsp3) is 0.211. The normalized spacial score (nSPS) is 10.8. The summed E-state index contributed by atoms with van der Waals surface area (Å²) < 4.78 is 1.47. The Balaban J connectivity index is 1.97. The van der Waals surface area contributed by atoms with Crippen molar-refractivity contribution >= 4 is 22.6 Å². The van der Waals surface area contributed by atoms with Crippen molar-refractivity contribution in [3.8, 4) is 0 Å². The van der Waals surface area contributed by atoms with Gasteiger partial charge < -0.3 is 5.32 Å². The molecular weight excluding hydrogens is 302 g/mol. The number of carbonyl (C=O) groups excluding carboxylic acids is 1. The molecule has 3 aromatic rings. The van der Waals surface area contributed by atoms with E-state index in [-0.39, 0.29) is 18.0 Å². The summed E-state index contributed by atoms with van der Waals surface area (Å²) in [6.07, 6.45) is 0. The predicted molar refractivity (Wildman–Crippen MR) is 95.3 cm³/mol. The lowest BCUT2D eigenvalue weighted by Crippen LogP contribution is -2.30. The van der Waals surface area contributed by atoms with Gasteiger partial charge in [-0.15, -0.1) is 0 Å². The number of anilines is 1. The monoisotopic (exact) mass is 321 g/mol. The van der Waals surface area contributed by atoms with E-state index in [2.05, 4.69) is 10.3 Å². The zero-order valence-electron chi connectivity index (χ0n) is 14.0. The van der Waals surface area contributed by atoms with Crippen LogP contribution in [0.15, 0.2) is 47.3 Å². The number of nitrogens with one attached hydrogen (secondary N) is 1. The fourth-order valence-electron chi connectivity index (χ4n) is 2.81. The van der Waals surface area contributed by atoms with Gasteiger partial charge in [-0.25, -0.2) is 4.98 Å². The number of aryl methyl sites for hydroxylation is 3. The first kappa shape index (κ1) is 15.9. The van der Waals surface area contributed by atoms with Crippen LogP contribution in [-0.4, -0.2) is 15.5 Å². The van der Waals surface area contributed by atoms with E-state index in [9.17, 15) is 9.59 Å². The minimum atomic E-state index is -0.245. The Kier molecular flexibility index (Phi) is 4.16. The highest BCUT2D eigenvalue weighted by Crippen LogP contribution is 2.19. The van der Waals surface area contributed by atoms with Crippen LogP contribution in [0.2, 0.25) is 0 Å². The number of fused-ring (bicyclic) bond motifs is 1. The topological polar surface area (TPSA) is 64.0 Å². The first-order chi connectivity index (χ1) is 11.5.